The highest BCUT2D eigenvalue weighted by Crippen LogP contribution is 2.54. The summed E-state index contributed by atoms with van der Waals surface area (Å²) in [5.74, 6) is -2.27. The molecule has 10 heteroatoms. The number of anilines is 3. The van der Waals surface area contributed by atoms with Gasteiger partial charge in [-0.2, -0.15) is 4.98 Å². The van der Waals surface area contributed by atoms with Gasteiger partial charge in [0.25, 0.3) is 11.8 Å². The molecule has 3 fully saturated rings. The lowest BCUT2D eigenvalue weighted by Crippen LogP contribution is -2.45. The van der Waals surface area contributed by atoms with Gasteiger partial charge in [-0.1, -0.05) is 0 Å². The van der Waals surface area contributed by atoms with Gasteiger partial charge in [0.05, 0.1) is 17.4 Å². The van der Waals surface area contributed by atoms with E-state index in [0.717, 1.165) is 35.1 Å². The van der Waals surface area contributed by atoms with Gasteiger partial charge in [-0.3, -0.25) is 4.79 Å². The molecule has 1 aromatic heterocycles. The Morgan fingerprint density at radius 3 is 2.47 bits per heavy atom. The molecule has 1 aromatic carbocycles. The summed E-state index contributed by atoms with van der Waals surface area (Å²) in [5.41, 5.74) is 2.03. The number of hydrogen-bond donors (Lipinski definition) is 2. The first-order valence-corrected chi connectivity index (χ1v) is 12.7. The van der Waals surface area contributed by atoms with E-state index in [1.165, 1.54) is 0 Å². The van der Waals surface area contributed by atoms with Crippen LogP contribution in [0, 0.1) is 15.9 Å². The van der Waals surface area contributed by atoms with E-state index in [9.17, 15) is 18.7 Å². The largest absolute Gasteiger partial charge is 0.391 e. The number of carbonyl (C=O) groups is 1. The Bertz CT molecular complexity index is 1100. The lowest BCUT2D eigenvalue weighted by Gasteiger charge is -2.38. The number of piperidine rings is 2. The summed E-state index contributed by atoms with van der Waals surface area (Å²) >= 11 is 2.23. The maximum Gasteiger partial charge on any atom is 0.258 e. The minimum atomic E-state index is -2.65. The van der Waals surface area contributed by atoms with Crippen LogP contribution in [0.5, 0.6) is 0 Å². The van der Waals surface area contributed by atoms with Crippen molar-refractivity contribution in [2.45, 2.75) is 51.1 Å². The van der Waals surface area contributed by atoms with Crippen LogP contribution in [0.15, 0.2) is 24.3 Å². The number of carbonyl (C=O) groups excluding carboxylic acids is 1. The summed E-state index contributed by atoms with van der Waals surface area (Å²) in [6, 6.07) is 7.32. The molecule has 1 aliphatic carbocycles. The lowest BCUT2D eigenvalue weighted by atomic mass is 9.90. The fourth-order valence-corrected chi connectivity index (χ4v) is 5.39. The predicted octanol–water partition coefficient (Wildman–Crippen LogP) is 4.23. The molecular weight excluding hydrogens is 555 g/mol. The van der Waals surface area contributed by atoms with Crippen LogP contribution in [0.1, 0.15) is 48.2 Å². The van der Waals surface area contributed by atoms with E-state index in [-0.39, 0.29) is 43.4 Å². The molecular formula is C24H28F2IN5O2. The summed E-state index contributed by atoms with van der Waals surface area (Å²) < 4.78 is 28.1. The molecule has 0 radical (unpaired) electrons. The fourth-order valence-electron chi connectivity index (χ4n) is 4.91. The lowest BCUT2D eigenvalue weighted by molar-refractivity contribution is -0.0222. The van der Waals surface area contributed by atoms with Gasteiger partial charge in [0.2, 0.25) is 5.95 Å². The first kappa shape index (κ1) is 23.7. The molecule has 0 bridgehead atoms. The second-order valence-electron chi connectivity index (χ2n) is 9.73. The zero-order valence-electron chi connectivity index (χ0n) is 19.0. The average molecular weight is 583 g/mol. The Morgan fingerprint density at radius 2 is 1.79 bits per heavy atom. The number of rotatable bonds is 4. The van der Waals surface area contributed by atoms with E-state index >= 15 is 0 Å². The van der Waals surface area contributed by atoms with Crippen molar-refractivity contribution >= 4 is 46.0 Å². The highest BCUT2D eigenvalue weighted by molar-refractivity contribution is 14.1. The minimum Gasteiger partial charge on any atom is -0.391 e. The van der Waals surface area contributed by atoms with Crippen molar-refractivity contribution in [2.24, 2.45) is 5.41 Å². The van der Waals surface area contributed by atoms with Gasteiger partial charge in [0, 0.05) is 54.4 Å². The van der Waals surface area contributed by atoms with Crippen molar-refractivity contribution < 1.29 is 18.7 Å². The molecule has 2 aromatic rings. The van der Waals surface area contributed by atoms with Crippen LogP contribution < -0.4 is 15.1 Å². The molecule has 1 saturated carbocycles. The molecule has 2 saturated heterocycles. The van der Waals surface area contributed by atoms with E-state index in [2.05, 4.69) is 42.8 Å². The molecule has 34 heavy (non-hydrogen) atoms. The molecule has 2 N–H and O–H groups in total. The van der Waals surface area contributed by atoms with E-state index < -0.39 is 5.92 Å². The first-order chi connectivity index (χ1) is 16.1. The molecule has 1 unspecified atom stereocenters. The Labute approximate surface area is 211 Å². The second-order valence-corrected chi connectivity index (χ2v) is 11.0. The maximum absolute atomic E-state index is 13.6. The summed E-state index contributed by atoms with van der Waals surface area (Å²) in [7, 11) is 0. The zero-order valence-corrected chi connectivity index (χ0v) is 21.2. The van der Waals surface area contributed by atoms with Crippen LogP contribution in [-0.2, 0) is 0 Å². The number of alkyl halides is 2. The zero-order chi connectivity index (χ0) is 24.1. The van der Waals surface area contributed by atoms with Gasteiger partial charge in [0.1, 0.15) is 5.82 Å². The third kappa shape index (κ3) is 4.84. The maximum atomic E-state index is 13.6. The number of β-amino-alcohol motifs (C(OH)–C–C–N with tert-alkyl or cyclic N) is 1. The monoisotopic (exact) mass is 583 g/mol. The number of aliphatic hydroxyl groups is 1. The van der Waals surface area contributed by atoms with E-state index in [0.29, 0.717) is 29.6 Å². The third-order valence-corrected chi connectivity index (χ3v) is 7.95. The van der Waals surface area contributed by atoms with Crippen molar-refractivity contribution in [1.82, 2.24) is 9.97 Å². The number of halogens is 3. The number of benzene rings is 1. The van der Waals surface area contributed by atoms with Crippen molar-refractivity contribution in [2.75, 3.05) is 41.3 Å². The summed E-state index contributed by atoms with van der Waals surface area (Å²) in [6.07, 6.45) is 2.21. The molecule has 1 spiro atoms. The molecule has 5 rings (SSSR count). The minimum absolute atomic E-state index is 0.0775. The molecule has 3 aliphatic rings. The second kappa shape index (κ2) is 8.85. The molecule has 2 aliphatic heterocycles. The van der Waals surface area contributed by atoms with Crippen LogP contribution >= 0.6 is 22.6 Å². The number of aliphatic hydroxyl groups excluding tert-OH is 1. The topological polar surface area (TPSA) is 81.6 Å². The smallest absolute Gasteiger partial charge is 0.258 e. The number of amides is 1. The molecule has 1 atom stereocenters. The van der Waals surface area contributed by atoms with E-state index in [4.69, 9.17) is 0 Å². The van der Waals surface area contributed by atoms with Gasteiger partial charge in [0.15, 0.2) is 0 Å². The Morgan fingerprint density at radius 1 is 1.09 bits per heavy atom. The van der Waals surface area contributed by atoms with Gasteiger partial charge in [-0.25, -0.2) is 13.8 Å². The van der Waals surface area contributed by atoms with Gasteiger partial charge < -0.3 is 20.2 Å². The summed E-state index contributed by atoms with van der Waals surface area (Å²) in [5, 5.41) is 13.5. The fraction of sp³-hybridized carbons (Fsp3) is 0.542. The van der Waals surface area contributed by atoms with E-state index in [1.54, 1.807) is 24.0 Å². The highest BCUT2D eigenvalue weighted by Gasteiger charge is 2.51. The van der Waals surface area contributed by atoms with Crippen molar-refractivity contribution in [3.8, 4) is 0 Å². The predicted molar refractivity (Wildman–Crippen MR) is 135 cm³/mol. The van der Waals surface area contributed by atoms with Crippen LogP contribution in [0.2, 0.25) is 0 Å². The van der Waals surface area contributed by atoms with Gasteiger partial charge in [-0.05, 0) is 72.4 Å². The number of nitrogens with one attached hydrogen (secondary N) is 1. The average Bonchev–Trinajstić information content (AvgIpc) is 3.56. The van der Waals surface area contributed by atoms with Crippen molar-refractivity contribution in [1.29, 1.82) is 0 Å². The van der Waals surface area contributed by atoms with Crippen LogP contribution in [0.25, 0.3) is 0 Å². The highest BCUT2D eigenvalue weighted by atomic mass is 127. The van der Waals surface area contributed by atoms with E-state index in [1.807, 2.05) is 12.1 Å². The molecule has 1 amide bonds. The van der Waals surface area contributed by atoms with Crippen molar-refractivity contribution in [3.63, 3.8) is 0 Å². The van der Waals surface area contributed by atoms with Crippen molar-refractivity contribution in [3.05, 3.63) is 39.1 Å². The summed E-state index contributed by atoms with van der Waals surface area (Å²) in [4.78, 5) is 26.0. The van der Waals surface area contributed by atoms with Crippen LogP contribution in [0.3, 0.4) is 0 Å². The van der Waals surface area contributed by atoms with Gasteiger partial charge in [-0.15, -0.1) is 0 Å². The Balaban J connectivity index is 1.35. The molecule has 7 nitrogen and oxygen atoms in total. The standard InChI is InChI=1S/C24H28F2IN5O2/c1-15-12-20(30-22(28-15)31-10-7-24(25,26)8-11-31)29-21(34)17-3-2-16(27)13-18(17)32-9-6-23(4-5-23)19(33)14-32/h2-3,12-13,19,33H,4-11,14H2,1H3,(H,28,29,30,34). The van der Waals surface area contributed by atoms with Gasteiger partial charge >= 0.3 is 0 Å². The van der Waals surface area contributed by atoms with Crippen LogP contribution in [0.4, 0.5) is 26.2 Å². The number of hydrogen-bond acceptors (Lipinski definition) is 6. The normalized spacial score (nSPS) is 23.1. The molecule has 3 heterocycles. The summed E-state index contributed by atoms with van der Waals surface area (Å²) in [6.45, 7) is 3.44. The third-order valence-electron chi connectivity index (χ3n) is 7.28. The Hall–Kier alpha value is -2.08. The number of nitrogens with zero attached hydrogens (tertiary/aromatic N) is 4. The molecule has 182 valence electrons. The van der Waals surface area contributed by atoms with Crippen LogP contribution in [-0.4, -0.2) is 59.2 Å². The first-order valence-electron chi connectivity index (χ1n) is 11.7. The number of aromatic nitrogens is 2. The Kier molecular flexibility index (Phi) is 6.16. The SMILES string of the molecule is Cc1cc(NC(=O)c2ccc(I)cc2N2CCC3(CC3)C(O)C2)nc(N2CCC(F)(F)CC2)n1. The quantitative estimate of drug-likeness (QED) is 0.525. The number of aryl methyl sites for hydroxylation is 1.